The molecule has 0 aromatic heterocycles. The van der Waals surface area contributed by atoms with Crippen LogP contribution in [0.4, 0.5) is 0 Å². The van der Waals surface area contributed by atoms with Gasteiger partial charge in [-0.2, -0.15) is 0 Å². The molecule has 1 aromatic rings. The van der Waals surface area contributed by atoms with Crippen LogP contribution in [0.5, 0.6) is 0 Å². The molecule has 2 nitrogen and oxygen atoms in total. The first-order valence-electron chi connectivity index (χ1n) is 5.84. The van der Waals surface area contributed by atoms with Gasteiger partial charge in [-0.25, -0.2) is 0 Å². The molecule has 94 valence electrons. The van der Waals surface area contributed by atoms with Crippen molar-refractivity contribution in [1.29, 1.82) is 0 Å². The van der Waals surface area contributed by atoms with Crippen LogP contribution in [0.15, 0.2) is 22.7 Å². The molecule has 0 unspecified atom stereocenters. The van der Waals surface area contributed by atoms with Crippen molar-refractivity contribution in [3.8, 4) is 0 Å². The molecule has 0 spiro atoms. The quantitative estimate of drug-likeness (QED) is 0.900. The number of benzene rings is 1. The second-order valence-corrected chi connectivity index (χ2v) is 6.40. The fourth-order valence-corrected chi connectivity index (χ4v) is 1.89. The van der Waals surface area contributed by atoms with E-state index in [9.17, 15) is 4.79 Å². The molecule has 1 N–H and O–H groups in total. The van der Waals surface area contributed by atoms with Gasteiger partial charge < -0.3 is 5.32 Å². The van der Waals surface area contributed by atoms with Gasteiger partial charge in [0.15, 0.2) is 0 Å². The first-order chi connectivity index (χ1) is 7.79. The summed E-state index contributed by atoms with van der Waals surface area (Å²) < 4.78 is 0.844. The van der Waals surface area contributed by atoms with Crippen molar-refractivity contribution in [3.63, 3.8) is 0 Å². The van der Waals surface area contributed by atoms with Crippen molar-refractivity contribution in [1.82, 2.24) is 5.32 Å². The molecule has 1 aromatic carbocycles. The summed E-state index contributed by atoms with van der Waals surface area (Å²) in [5.74, 6) is -0.00942. The first kappa shape index (κ1) is 14.2. The second-order valence-electron chi connectivity index (χ2n) is 5.55. The molecule has 0 saturated carbocycles. The molecule has 0 aliphatic heterocycles. The highest BCUT2D eigenvalue weighted by atomic mass is 79.9. The molecule has 17 heavy (non-hydrogen) atoms. The van der Waals surface area contributed by atoms with Crippen LogP contribution in [0, 0.1) is 12.3 Å². The Morgan fingerprint density at radius 1 is 1.35 bits per heavy atom. The highest BCUT2D eigenvalue weighted by molar-refractivity contribution is 9.10. The second kappa shape index (κ2) is 5.67. The van der Waals surface area contributed by atoms with Crippen LogP contribution in [-0.4, -0.2) is 12.5 Å². The minimum Gasteiger partial charge on any atom is -0.352 e. The standard InChI is InChI=1S/C14H20BrNO/c1-10-5-6-12(15)11(9-10)13(17)16-8-7-14(2,3)4/h5-6,9H,7-8H2,1-4H3,(H,16,17). The lowest BCUT2D eigenvalue weighted by molar-refractivity contribution is 0.0948. The summed E-state index contributed by atoms with van der Waals surface area (Å²) in [7, 11) is 0. The Balaban J connectivity index is 2.61. The molecule has 0 aliphatic carbocycles. The maximum absolute atomic E-state index is 12.0. The number of nitrogens with one attached hydrogen (secondary N) is 1. The summed E-state index contributed by atoms with van der Waals surface area (Å²) in [6.45, 7) is 9.20. The van der Waals surface area contributed by atoms with Crippen LogP contribution in [-0.2, 0) is 0 Å². The topological polar surface area (TPSA) is 29.1 Å². The Morgan fingerprint density at radius 2 is 2.00 bits per heavy atom. The van der Waals surface area contributed by atoms with E-state index in [1.54, 1.807) is 0 Å². The molecule has 1 rings (SSSR count). The van der Waals surface area contributed by atoms with Gasteiger partial charge >= 0.3 is 0 Å². The minimum absolute atomic E-state index is 0.00942. The van der Waals surface area contributed by atoms with Gasteiger partial charge in [0.2, 0.25) is 0 Å². The number of halogens is 1. The largest absolute Gasteiger partial charge is 0.352 e. The van der Waals surface area contributed by atoms with Crippen molar-refractivity contribution in [2.24, 2.45) is 5.41 Å². The van der Waals surface area contributed by atoms with Crippen molar-refractivity contribution in [3.05, 3.63) is 33.8 Å². The van der Waals surface area contributed by atoms with E-state index in [0.717, 1.165) is 16.5 Å². The summed E-state index contributed by atoms with van der Waals surface area (Å²) in [5, 5.41) is 2.95. The zero-order valence-corrected chi connectivity index (χ0v) is 12.5. The smallest absolute Gasteiger partial charge is 0.252 e. The Labute approximate surface area is 112 Å². The maximum Gasteiger partial charge on any atom is 0.252 e. The van der Waals surface area contributed by atoms with Gasteiger partial charge in [0.25, 0.3) is 5.91 Å². The van der Waals surface area contributed by atoms with E-state index in [-0.39, 0.29) is 11.3 Å². The van der Waals surface area contributed by atoms with Crippen molar-refractivity contribution >= 4 is 21.8 Å². The Bertz CT molecular complexity index is 407. The molecular weight excluding hydrogens is 278 g/mol. The summed E-state index contributed by atoms with van der Waals surface area (Å²) in [5.41, 5.74) is 2.05. The van der Waals surface area contributed by atoms with Gasteiger partial charge in [-0.1, -0.05) is 32.4 Å². The van der Waals surface area contributed by atoms with E-state index in [0.29, 0.717) is 12.1 Å². The highest BCUT2D eigenvalue weighted by Crippen LogP contribution is 2.19. The van der Waals surface area contributed by atoms with E-state index in [4.69, 9.17) is 0 Å². The van der Waals surface area contributed by atoms with Gasteiger partial charge in [0.1, 0.15) is 0 Å². The van der Waals surface area contributed by atoms with Crippen LogP contribution in [0.2, 0.25) is 0 Å². The SMILES string of the molecule is Cc1ccc(Br)c(C(=O)NCCC(C)(C)C)c1. The summed E-state index contributed by atoms with van der Waals surface area (Å²) in [6, 6.07) is 5.79. The van der Waals surface area contributed by atoms with Crippen LogP contribution in [0.25, 0.3) is 0 Å². The number of hydrogen-bond acceptors (Lipinski definition) is 1. The summed E-state index contributed by atoms with van der Waals surface area (Å²) >= 11 is 3.40. The molecular formula is C14H20BrNO. The lowest BCUT2D eigenvalue weighted by atomic mass is 9.92. The van der Waals surface area contributed by atoms with E-state index in [1.807, 2.05) is 25.1 Å². The summed E-state index contributed by atoms with van der Waals surface area (Å²) in [4.78, 5) is 12.0. The number of aryl methyl sites for hydroxylation is 1. The fraction of sp³-hybridized carbons (Fsp3) is 0.500. The third-order valence-corrected chi connectivity index (χ3v) is 3.22. The predicted octanol–water partition coefficient (Wildman–Crippen LogP) is 3.92. The van der Waals surface area contributed by atoms with Crippen LogP contribution >= 0.6 is 15.9 Å². The number of amides is 1. The number of carbonyl (C=O) groups is 1. The van der Waals surface area contributed by atoms with Gasteiger partial charge in [-0.3, -0.25) is 4.79 Å². The normalized spacial score (nSPS) is 11.4. The van der Waals surface area contributed by atoms with Crippen molar-refractivity contribution in [2.75, 3.05) is 6.54 Å². The van der Waals surface area contributed by atoms with E-state index in [2.05, 4.69) is 42.0 Å². The van der Waals surface area contributed by atoms with Crippen LogP contribution in [0.1, 0.15) is 43.1 Å². The Morgan fingerprint density at radius 3 is 2.59 bits per heavy atom. The van der Waals surface area contributed by atoms with Gasteiger partial charge in [-0.15, -0.1) is 0 Å². The van der Waals surface area contributed by atoms with Crippen molar-refractivity contribution in [2.45, 2.75) is 34.1 Å². The van der Waals surface area contributed by atoms with E-state index >= 15 is 0 Å². The zero-order valence-electron chi connectivity index (χ0n) is 10.9. The lowest BCUT2D eigenvalue weighted by Crippen LogP contribution is -2.27. The molecule has 0 atom stereocenters. The molecule has 1 amide bonds. The third-order valence-electron chi connectivity index (χ3n) is 2.53. The van der Waals surface area contributed by atoms with E-state index < -0.39 is 0 Å². The van der Waals surface area contributed by atoms with Crippen LogP contribution < -0.4 is 5.32 Å². The van der Waals surface area contributed by atoms with E-state index in [1.165, 1.54) is 0 Å². The molecule has 0 saturated heterocycles. The number of hydrogen-bond donors (Lipinski definition) is 1. The minimum atomic E-state index is -0.00942. The molecule has 0 heterocycles. The molecule has 0 fully saturated rings. The average Bonchev–Trinajstić information content (AvgIpc) is 2.19. The highest BCUT2D eigenvalue weighted by Gasteiger charge is 2.13. The fourth-order valence-electron chi connectivity index (χ4n) is 1.46. The van der Waals surface area contributed by atoms with Gasteiger partial charge in [-0.05, 0) is 46.8 Å². The van der Waals surface area contributed by atoms with Gasteiger partial charge in [0, 0.05) is 11.0 Å². The molecule has 3 heteroatoms. The Hall–Kier alpha value is -0.830. The van der Waals surface area contributed by atoms with Gasteiger partial charge in [0.05, 0.1) is 5.56 Å². The molecule has 0 aliphatic rings. The predicted molar refractivity (Wildman–Crippen MR) is 75.3 cm³/mol. The lowest BCUT2D eigenvalue weighted by Gasteiger charge is -2.18. The Kier molecular flexibility index (Phi) is 4.75. The zero-order chi connectivity index (χ0) is 13.1. The maximum atomic E-state index is 12.0. The number of carbonyl (C=O) groups excluding carboxylic acids is 1. The molecule has 0 radical (unpaired) electrons. The molecule has 0 bridgehead atoms. The summed E-state index contributed by atoms with van der Waals surface area (Å²) in [6.07, 6.45) is 0.974. The first-order valence-corrected chi connectivity index (χ1v) is 6.63. The van der Waals surface area contributed by atoms with Crippen molar-refractivity contribution < 1.29 is 4.79 Å². The number of rotatable bonds is 3. The third kappa shape index (κ3) is 4.90. The van der Waals surface area contributed by atoms with Crippen LogP contribution in [0.3, 0.4) is 0 Å². The monoisotopic (exact) mass is 297 g/mol. The average molecular weight is 298 g/mol.